The molecule has 0 unspecified atom stereocenters. The molecule has 1 saturated carbocycles. The minimum absolute atomic E-state index is 0.0182. The van der Waals surface area contributed by atoms with Crippen LogP contribution in [-0.2, 0) is 10.0 Å². The molecule has 0 aliphatic heterocycles. The van der Waals surface area contributed by atoms with E-state index in [-0.39, 0.29) is 11.1 Å². The fourth-order valence-corrected chi connectivity index (χ4v) is 4.37. The first-order valence-electron chi connectivity index (χ1n) is 7.99. The molecule has 24 heavy (non-hydrogen) atoms. The van der Waals surface area contributed by atoms with Crippen LogP contribution in [0.2, 0.25) is 0 Å². The number of benzene rings is 1. The summed E-state index contributed by atoms with van der Waals surface area (Å²) in [5, 5.41) is 8.88. The lowest BCUT2D eigenvalue weighted by Crippen LogP contribution is -2.36. The van der Waals surface area contributed by atoms with Crippen LogP contribution in [0.25, 0.3) is 11.3 Å². The second kappa shape index (κ2) is 6.71. The molecule has 0 saturated heterocycles. The SMILES string of the molecule is C[C@H]1CCC[C@@H]1NS(=O)(=O)c1cccc(-c2ccc(C#N)cc2)n1. The van der Waals surface area contributed by atoms with Crippen molar-refractivity contribution in [3.05, 3.63) is 48.0 Å². The number of nitriles is 1. The molecule has 5 nitrogen and oxygen atoms in total. The van der Waals surface area contributed by atoms with Gasteiger partial charge in [-0.3, -0.25) is 0 Å². The number of nitrogens with one attached hydrogen (secondary N) is 1. The lowest BCUT2D eigenvalue weighted by atomic mass is 10.1. The van der Waals surface area contributed by atoms with Crippen LogP contribution in [0.15, 0.2) is 47.5 Å². The largest absolute Gasteiger partial charge is 0.258 e. The second-order valence-electron chi connectivity index (χ2n) is 6.19. The maximum atomic E-state index is 12.6. The zero-order chi connectivity index (χ0) is 17.2. The molecular formula is C18H19N3O2S. The van der Waals surface area contributed by atoms with Crippen molar-refractivity contribution < 1.29 is 8.42 Å². The molecule has 1 fully saturated rings. The van der Waals surface area contributed by atoms with Crippen LogP contribution < -0.4 is 4.72 Å². The predicted molar refractivity (Wildman–Crippen MR) is 91.5 cm³/mol. The predicted octanol–water partition coefficient (Wildman–Crippen LogP) is 3.09. The van der Waals surface area contributed by atoms with Gasteiger partial charge in [-0.1, -0.05) is 31.5 Å². The van der Waals surface area contributed by atoms with Crippen molar-refractivity contribution in [3.63, 3.8) is 0 Å². The highest BCUT2D eigenvalue weighted by Gasteiger charge is 2.29. The number of hydrogen-bond acceptors (Lipinski definition) is 4. The van der Waals surface area contributed by atoms with Gasteiger partial charge in [-0.15, -0.1) is 0 Å². The minimum Gasteiger partial charge on any atom is -0.235 e. The lowest BCUT2D eigenvalue weighted by Gasteiger charge is -2.17. The first-order chi connectivity index (χ1) is 11.5. The maximum Gasteiger partial charge on any atom is 0.258 e. The van der Waals surface area contributed by atoms with Crippen molar-refractivity contribution in [3.8, 4) is 17.3 Å². The summed E-state index contributed by atoms with van der Waals surface area (Å²) in [5.74, 6) is 0.349. The Kier molecular flexibility index (Phi) is 4.65. The van der Waals surface area contributed by atoms with E-state index in [0.717, 1.165) is 24.8 Å². The van der Waals surface area contributed by atoms with Gasteiger partial charge in [0.1, 0.15) is 0 Å². The van der Waals surface area contributed by atoms with Gasteiger partial charge in [-0.05, 0) is 43.0 Å². The van der Waals surface area contributed by atoms with Crippen molar-refractivity contribution in [2.75, 3.05) is 0 Å². The number of rotatable bonds is 4. The van der Waals surface area contributed by atoms with Gasteiger partial charge in [-0.2, -0.15) is 5.26 Å². The van der Waals surface area contributed by atoms with Crippen LogP contribution in [0, 0.1) is 17.2 Å². The zero-order valence-electron chi connectivity index (χ0n) is 13.4. The Bertz CT molecular complexity index is 870. The van der Waals surface area contributed by atoms with Gasteiger partial charge in [0.05, 0.1) is 17.3 Å². The number of pyridine rings is 1. The molecule has 1 aromatic carbocycles. The van der Waals surface area contributed by atoms with Gasteiger partial charge in [0.2, 0.25) is 0 Å². The molecule has 3 rings (SSSR count). The van der Waals surface area contributed by atoms with Crippen LogP contribution >= 0.6 is 0 Å². The highest BCUT2D eigenvalue weighted by atomic mass is 32.2. The molecule has 0 radical (unpaired) electrons. The van der Waals surface area contributed by atoms with Gasteiger partial charge in [-0.25, -0.2) is 18.1 Å². The average Bonchev–Trinajstić information content (AvgIpc) is 2.99. The molecule has 1 aliphatic rings. The first kappa shape index (κ1) is 16.6. The summed E-state index contributed by atoms with van der Waals surface area (Å²) < 4.78 is 28.0. The Labute approximate surface area is 142 Å². The van der Waals surface area contributed by atoms with Gasteiger partial charge < -0.3 is 0 Å². The van der Waals surface area contributed by atoms with Gasteiger partial charge in [0, 0.05) is 11.6 Å². The molecule has 1 N–H and O–H groups in total. The lowest BCUT2D eigenvalue weighted by molar-refractivity contribution is 0.475. The quantitative estimate of drug-likeness (QED) is 0.926. The third-order valence-electron chi connectivity index (χ3n) is 4.48. The van der Waals surface area contributed by atoms with E-state index in [1.165, 1.54) is 6.07 Å². The van der Waals surface area contributed by atoms with Gasteiger partial charge >= 0.3 is 0 Å². The van der Waals surface area contributed by atoms with E-state index in [4.69, 9.17) is 5.26 Å². The standard InChI is InChI=1S/C18H19N3O2S/c1-13-4-2-5-16(13)21-24(22,23)18-7-3-6-17(20-18)15-10-8-14(12-19)9-11-15/h3,6-11,13,16,21H,2,4-5H2,1H3/t13-,16-/m0/s1. The Morgan fingerprint density at radius 3 is 2.54 bits per heavy atom. The normalized spacial score (nSPS) is 20.7. The van der Waals surface area contributed by atoms with Crippen molar-refractivity contribution in [2.24, 2.45) is 5.92 Å². The van der Waals surface area contributed by atoms with E-state index >= 15 is 0 Å². The number of nitrogens with zero attached hydrogens (tertiary/aromatic N) is 2. The van der Waals surface area contributed by atoms with E-state index in [1.807, 2.05) is 0 Å². The Balaban J connectivity index is 1.87. The van der Waals surface area contributed by atoms with Crippen LogP contribution in [0.3, 0.4) is 0 Å². The summed E-state index contributed by atoms with van der Waals surface area (Å²) >= 11 is 0. The minimum atomic E-state index is -3.63. The van der Waals surface area contributed by atoms with E-state index in [9.17, 15) is 8.42 Å². The summed E-state index contributed by atoms with van der Waals surface area (Å²) in [6.45, 7) is 2.07. The fraction of sp³-hybridized carbons (Fsp3) is 0.333. The van der Waals surface area contributed by atoms with E-state index in [1.54, 1.807) is 36.4 Å². The van der Waals surface area contributed by atoms with Crippen molar-refractivity contribution >= 4 is 10.0 Å². The molecule has 1 heterocycles. The summed E-state index contributed by atoms with van der Waals surface area (Å²) in [7, 11) is -3.63. The highest BCUT2D eigenvalue weighted by molar-refractivity contribution is 7.89. The molecule has 1 aromatic heterocycles. The molecule has 6 heteroatoms. The third-order valence-corrected chi connectivity index (χ3v) is 5.87. The molecule has 124 valence electrons. The van der Waals surface area contributed by atoms with Gasteiger partial charge in [0.15, 0.2) is 5.03 Å². The number of hydrogen-bond donors (Lipinski definition) is 1. The Morgan fingerprint density at radius 1 is 1.17 bits per heavy atom. The molecular weight excluding hydrogens is 322 g/mol. The van der Waals surface area contributed by atoms with E-state index < -0.39 is 10.0 Å². The fourth-order valence-electron chi connectivity index (χ4n) is 3.02. The summed E-state index contributed by atoms with van der Waals surface area (Å²) in [4.78, 5) is 4.30. The summed E-state index contributed by atoms with van der Waals surface area (Å²) in [6, 6.07) is 13.9. The first-order valence-corrected chi connectivity index (χ1v) is 9.48. The highest BCUT2D eigenvalue weighted by Crippen LogP contribution is 2.26. The van der Waals surface area contributed by atoms with Crippen LogP contribution in [-0.4, -0.2) is 19.4 Å². The van der Waals surface area contributed by atoms with Crippen LogP contribution in [0.5, 0.6) is 0 Å². The maximum absolute atomic E-state index is 12.6. The Hall–Kier alpha value is -2.23. The second-order valence-corrected chi connectivity index (χ2v) is 7.85. The topological polar surface area (TPSA) is 82.9 Å². The third kappa shape index (κ3) is 3.48. The molecule has 0 amide bonds. The molecule has 0 bridgehead atoms. The zero-order valence-corrected chi connectivity index (χ0v) is 14.3. The van der Waals surface area contributed by atoms with Crippen molar-refractivity contribution in [1.82, 2.24) is 9.71 Å². The Morgan fingerprint density at radius 2 is 1.92 bits per heavy atom. The number of aromatic nitrogens is 1. The van der Waals surface area contributed by atoms with Crippen LogP contribution in [0.4, 0.5) is 0 Å². The number of sulfonamides is 1. The molecule has 2 aromatic rings. The summed E-state index contributed by atoms with van der Waals surface area (Å²) in [5.41, 5.74) is 1.90. The monoisotopic (exact) mass is 341 g/mol. The molecule has 2 atom stereocenters. The van der Waals surface area contributed by atoms with Gasteiger partial charge in [0.25, 0.3) is 10.0 Å². The average molecular weight is 341 g/mol. The van der Waals surface area contributed by atoms with Crippen molar-refractivity contribution in [2.45, 2.75) is 37.3 Å². The van der Waals surface area contributed by atoms with Crippen molar-refractivity contribution in [1.29, 1.82) is 5.26 Å². The van der Waals surface area contributed by atoms with Crippen LogP contribution in [0.1, 0.15) is 31.7 Å². The van der Waals surface area contributed by atoms with E-state index in [0.29, 0.717) is 17.2 Å². The smallest absolute Gasteiger partial charge is 0.235 e. The van der Waals surface area contributed by atoms with E-state index in [2.05, 4.69) is 22.7 Å². The molecule has 0 spiro atoms. The summed E-state index contributed by atoms with van der Waals surface area (Å²) in [6.07, 6.45) is 2.97. The molecule has 1 aliphatic carbocycles.